The average Bonchev–Trinajstić information content (AvgIpc) is 2.47. The minimum absolute atomic E-state index is 0.153. The van der Waals surface area contributed by atoms with E-state index in [1.807, 2.05) is 6.07 Å². The number of benzene rings is 1. The molecule has 3 rings (SSSR count). The summed E-state index contributed by atoms with van der Waals surface area (Å²) in [6.07, 6.45) is 7.27. The van der Waals surface area contributed by atoms with Crippen LogP contribution in [0.5, 0.6) is 0 Å². The molecule has 0 radical (unpaired) electrons. The van der Waals surface area contributed by atoms with Crippen LogP contribution in [-0.4, -0.2) is 29.8 Å². The van der Waals surface area contributed by atoms with Crippen molar-refractivity contribution in [1.29, 1.82) is 0 Å². The predicted molar refractivity (Wildman–Crippen MR) is 86.6 cm³/mol. The fraction of sp³-hybridized carbons (Fsp3) is 0.611. The Morgan fingerprint density at radius 2 is 1.64 bits per heavy atom. The van der Waals surface area contributed by atoms with E-state index in [9.17, 15) is 9.90 Å². The quantitative estimate of drug-likeness (QED) is 0.756. The molecular formula is C18H26N2O2. The monoisotopic (exact) mass is 302 g/mol. The van der Waals surface area contributed by atoms with Gasteiger partial charge >= 0.3 is 6.03 Å². The lowest BCUT2D eigenvalue weighted by molar-refractivity contribution is -0.0290. The van der Waals surface area contributed by atoms with E-state index in [-0.39, 0.29) is 11.4 Å². The Hall–Kier alpha value is -1.55. The standard InChI is InChI=1S/C18H26N2O2/c21-16(20-14-18(22)10-5-11-18)19-13-17(8-4-9-17)12-15-6-2-1-3-7-15/h1-3,6-7,22H,4-5,8-14H2,(H2,19,20,21). The molecular weight excluding hydrogens is 276 g/mol. The van der Waals surface area contributed by atoms with E-state index in [0.717, 1.165) is 25.7 Å². The molecule has 0 unspecified atom stereocenters. The van der Waals surface area contributed by atoms with Gasteiger partial charge in [-0.1, -0.05) is 36.8 Å². The van der Waals surface area contributed by atoms with Crippen molar-refractivity contribution in [2.75, 3.05) is 13.1 Å². The molecule has 1 aromatic rings. The maximum Gasteiger partial charge on any atom is 0.314 e. The first kappa shape index (κ1) is 15.3. The number of nitrogens with one attached hydrogen (secondary N) is 2. The van der Waals surface area contributed by atoms with Crippen LogP contribution in [0.15, 0.2) is 30.3 Å². The molecule has 0 saturated heterocycles. The first-order valence-electron chi connectivity index (χ1n) is 8.37. The maximum absolute atomic E-state index is 11.9. The number of aliphatic hydroxyl groups is 1. The molecule has 0 atom stereocenters. The second-order valence-electron chi connectivity index (χ2n) is 7.13. The minimum atomic E-state index is -0.657. The highest BCUT2D eigenvalue weighted by Crippen LogP contribution is 2.43. The molecule has 0 aromatic heterocycles. The van der Waals surface area contributed by atoms with Crippen LogP contribution in [0.25, 0.3) is 0 Å². The van der Waals surface area contributed by atoms with E-state index >= 15 is 0 Å². The fourth-order valence-electron chi connectivity index (χ4n) is 3.46. The molecule has 2 amide bonds. The van der Waals surface area contributed by atoms with Gasteiger partial charge in [0.2, 0.25) is 0 Å². The number of amides is 2. The SMILES string of the molecule is O=C(NCC1(O)CCC1)NCC1(Cc2ccccc2)CCC1. The molecule has 0 aliphatic heterocycles. The van der Waals surface area contributed by atoms with Crippen molar-refractivity contribution >= 4 is 6.03 Å². The fourth-order valence-corrected chi connectivity index (χ4v) is 3.46. The van der Waals surface area contributed by atoms with Crippen molar-refractivity contribution < 1.29 is 9.90 Å². The highest BCUT2D eigenvalue weighted by Gasteiger charge is 2.38. The molecule has 2 saturated carbocycles. The third kappa shape index (κ3) is 3.61. The third-order valence-corrected chi connectivity index (χ3v) is 5.32. The molecule has 0 spiro atoms. The van der Waals surface area contributed by atoms with Gasteiger partial charge in [-0.3, -0.25) is 0 Å². The van der Waals surface area contributed by atoms with E-state index in [4.69, 9.17) is 0 Å². The summed E-state index contributed by atoms with van der Waals surface area (Å²) in [6.45, 7) is 1.08. The van der Waals surface area contributed by atoms with Crippen molar-refractivity contribution in [3.63, 3.8) is 0 Å². The summed E-state index contributed by atoms with van der Waals surface area (Å²) in [5.74, 6) is 0. The molecule has 2 fully saturated rings. The minimum Gasteiger partial charge on any atom is -0.388 e. The normalized spacial score (nSPS) is 21.3. The van der Waals surface area contributed by atoms with E-state index in [2.05, 4.69) is 34.9 Å². The van der Waals surface area contributed by atoms with E-state index in [1.54, 1.807) is 0 Å². The summed E-state index contributed by atoms with van der Waals surface area (Å²) in [5, 5.41) is 15.8. The molecule has 4 heteroatoms. The summed E-state index contributed by atoms with van der Waals surface area (Å²) in [5.41, 5.74) is 0.898. The Labute approximate surface area is 132 Å². The van der Waals surface area contributed by atoms with Gasteiger partial charge in [-0.25, -0.2) is 4.79 Å². The Morgan fingerprint density at radius 1 is 1.00 bits per heavy atom. The van der Waals surface area contributed by atoms with Crippen LogP contribution in [0.3, 0.4) is 0 Å². The molecule has 4 nitrogen and oxygen atoms in total. The first-order chi connectivity index (χ1) is 10.6. The zero-order valence-electron chi connectivity index (χ0n) is 13.1. The largest absolute Gasteiger partial charge is 0.388 e. The van der Waals surface area contributed by atoms with Crippen LogP contribution in [0.4, 0.5) is 4.79 Å². The number of carbonyl (C=O) groups is 1. The van der Waals surface area contributed by atoms with Gasteiger partial charge in [-0.2, -0.15) is 0 Å². The topological polar surface area (TPSA) is 61.4 Å². The van der Waals surface area contributed by atoms with Crippen LogP contribution in [0, 0.1) is 5.41 Å². The van der Waals surface area contributed by atoms with Crippen LogP contribution in [-0.2, 0) is 6.42 Å². The maximum atomic E-state index is 11.9. The highest BCUT2D eigenvalue weighted by molar-refractivity contribution is 5.74. The smallest absolute Gasteiger partial charge is 0.314 e. The number of rotatable bonds is 6. The summed E-state index contributed by atoms with van der Waals surface area (Å²) >= 11 is 0. The zero-order chi connectivity index (χ0) is 15.5. The van der Waals surface area contributed by atoms with Crippen molar-refractivity contribution in [2.24, 2.45) is 5.41 Å². The second-order valence-corrected chi connectivity index (χ2v) is 7.13. The van der Waals surface area contributed by atoms with Crippen molar-refractivity contribution in [3.8, 4) is 0 Å². The lowest BCUT2D eigenvalue weighted by atomic mass is 9.65. The molecule has 0 heterocycles. The van der Waals surface area contributed by atoms with Crippen molar-refractivity contribution in [3.05, 3.63) is 35.9 Å². The number of hydrogen-bond donors (Lipinski definition) is 3. The Bertz CT molecular complexity index is 507. The van der Waals surface area contributed by atoms with Gasteiger partial charge in [0.05, 0.1) is 5.60 Å². The van der Waals surface area contributed by atoms with Gasteiger partial charge in [-0.15, -0.1) is 0 Å². The lowest BCUT2D eigenvalue weighted by Crippen LogP contribution is -2.52. The number of urea groups is 1. The summed E-state index contributed by atoms with van der Waals surface area (Å²) in [6, 6.07) is 10.3. The molecule has 2 aliphatic rings. The van der Waals surface area contributed by atoms with Crippen LogP contribution < -0.4 is 10.6 Å². The Kier molecular flexibility index (Phi) is 4.39. The third-order valence-electron chi connectivity index (χ3n) is 5.32. The number of hydrogen-bond acceptors (Lipinski definition) is 2. The molecule has 22 heavy (non-hydrogen) atoms. The molecule has 0 bridgehead atoms. The van der Waals surface area contributed by atoms with Crippen LogP contribution in [0.1, 0.15) is 44.1 Å². The van der Waals surface area contributed by atoms with Gasteiger partial charge in [0.15, 0.2) is 0 Å². The Morgan fingerprint density at radius 3 is 2.18 bits per heavy atom. The Balaban J connectivity index is 1.45. The van der Waals surface area contributed by atoms with Crippen molar-refractivity contribution in [1.82, 2.24) is 10.6 Å². The second kappa shape index (κ2) is 6.29. The predicted octanol–water partition coefficient (Wildman–Crippen LogP) is 2.61. The zero-order valence-corrected chi connectivity index (χ0v) is 13.1. The molecule has 1 aromatic carbocycles. The van der Waals surface area contributed by atoms with Crippen molar-refractivity contribution in [2.45, 2.75) is 50.5 Å². The number of carbonyl (C=O) groups excluding carboxylic acids is 1. The first-order valence-corrected chi connectivity index (χ1v) is 8.37. The van der Waals surface area contributed by atoms with Gasteiger partial charge in [0, 0.05) is 13.1 Å². The van der Waals surface area contributed by atoms with E-state index in [0.29, 0.717) is 13.1 Å². The lowest BCUT2D eigenvalue weighted by Gasteiger charge is -2.42. The van der Waals surface area contributed by atoms with Gasteiger partial charge < -0.3 is 15.7 Å². The summed E-state index contributed by atoms with van der Waals surface area (Å²) in [4.78, 5) is 11.9. The molecule has 120 valence electrons. The van der Waals surface area contributed by atoms with Gasteiger partial charge in [0.25, 0.3) is 0 Å². The molecule has 2 aliphatic carbocycles. The molecule has 3 N–H and O–H groups in total. The van der Waals surface area contributed by atoms with Crippen LogP contribution in [0.2, 0.25) is 0 Å². The van der Waals surface area contributed by atoms with E-state index < -0.39 is 5.60 Å². The van der Waals surface area contributed by atoms with Gasteiger partial charge in [0.1, 0.15) is 0 Å². The van der Waals surface area contributed by atoms with Crippen LogP contribution >= 0.6 is 0 Å². The average molecular weight is 302 g/mol. The summed E-state index contributed by atoms with van der Waals surface area (Å²) in [7, 11) is 0. The summed E-state index contributed by atoms with van der Waals surface area (Å²) < 4.78 is 0. The van der Waals surface area contributed by atoms with E-state index in [1.165, 1.54) is 24.8 Å². The highest BCUT2D eigenvalue weighted by atomic mass is 16.3. The van der Waals surface area contributed by atoms with Gasteiger partial charge in [-0.05, 0) is 49.5 Å².